The molecular weight excluding hydrogens is 381 g/mol. The highest BCUT2D eigenvalue weighted by Gasteiger charge is 2.37. The highest BCUT2D eigenvalue weighted by molar-refractivity contribution is 6.25. The topological polar surface area (TPSA) is 98.5 Å². The lowest BCUT2D eigenvalue weighted by Gasteiger charge is -2.13. The number of nitro groups is 1. The number of benzene rings is 1. The first-order valence-corrected chi connectivity index (χ1v) is 8.70. The molecule has 0 unspecified atom stereocenters. The van der Waals surface area contributed by atoms with E-state index < -0.39 is 56.5 Å². The number of ether oxygens (including phenoxy) is 1. The van der Waals surface area contributed by atoms with E-state index in [1.54, 1.807) is 0 Å². The first-order chi connectivity index (χ1) is 13.2. The van der Waals surface area contributed by atoms with Crippen LogP contribution in [0.1, 0.15) is 48.5 Å². The van der Waals surface area contributed by atoms with E-state index in [1.165, 1.54) is 6.92 Å². The maximum atomic E-state index is 14.5. The summed E-state index contributed by atoms with van der Waals surface area (Å²) in [5, 5.41) is 14.0. The molecule has 10 heteroatoms. The Morgan fingerprint density at radius 1 is 1.21 bits per heavy atom. The molecule has 1 aromatic carbocycles. The van der Waals surface area contributed by atoms with Crippen LogP contribution < -0.4 is 5.32 Å². The standard InChI is InChI=1S/C18H19F3N2O5/c1-3-28-18(25)11(8-22-10-6-4-5-7-10)17(24)12-13(19)9(2)14(20)15(21)16(12)23(26)27/h8,10,22H,3-7H2,1-2H3/b11-8+. The summed E-state index contributed by atoms with van der Waals surface area (Å²) in [6.45, 7) is 2.18. The Bertz CT molecular complexity index is 848. The minimum atomic E-state index is -1.97. The van der Waals surface area contributed by atoms with Gasteiger partial charge in [0.25, 0.3) is 0 Å². The van der Waals surface area contributed by atoms with E-state index in [2.05, 4.69) is 5.32 Å². The maximum absolute atomic E-state index is 14.5. The van der Waals surface area contributed by atoms with E-state index in [-0.39, 0.29) is 12.6 Å². The Morgan fingerprint density at radius 3 is 2.36 bits per heavy atom. The predicted octanol–water partition coefficient (Wildman–Crippen LogP) is 3.48. The molecule has 1 saturated carbocycles. The van der Waals surface area contributed by atoms with Gasteiger partial charge in [-0.1, -0.05) is 12.8 Å². The Morgan fingerprint density at radius 2 is 1.82 bits per heavy atom. The maximum Gasteiger partial charge on any atom is 0.343 e. The Labute approximate surface area is 158 Å². The zero-order chi connectivity index (χ0) is 21.0. The molecule has 1 N–H and O–H groups in total. The predicted molar refractivity (Wildman–Crippen MR) is 92.1 cm³/mol. The van der Waals surface area contributed by atoms with Gasteiger partial charge in [-0.3, -0.25) is 14.9 Å². The normalized spacial score (nSPS) is 14.8. The van der Waals surface area contributed by atoms with E-state index in [0.29, 0.717) is 0 Å². The number of hydrogen-bond donors (Lipinski definition) is 1. The summed E-state index contributed by atoms with van der Waals surface area (Å²) < 4.78 is 47.1. The van der Waals surface area contributed by atoms with Crippen molar-refractivity contribution < 1.29 is 32.4 Å². The van der Waals surface area contributed by atoms with Gasteiger partial charge in [0, 0.05) is 17.8 Å². The molecule has 1 fully saturated rings. The van der Waals surface area contributed by atoms with Gasteiger partial charge in [-0.2, -0.15) is 4.39 Å². The molecule has 2 rings (SSSR count). The molecule has 7 nitrogen and oxygen atoms in total. The number of nitrogens with one attached hydrogen (secondary N) is 1. The van der Waals surface area contributed by atoms with E-state index in [0.717, 1.165) is 38.8 Å². The summed E-state index contributed by atoms with van der Waals surface area (Å²) in [6.07, 6.45) is 4.43. The third-order valence-electron chi connectivity index (χ3n) is 4.48. The third-order valence-corrected chi connectivity index (χ3v) is 4.48. The smallest absolute Gasteiger partial charge is 0.343 e. The Balaban J connectivity index is 2.58. The van der Waals surface area contributed by atoms with Crippen LogP contribution in [0.15, 0.2) is 11.8 Å². The second kappa shape index (κ2) is 8.85. The number of nitro benzene ring substituents is 1. The number of carbonyl (C=O) groups is 2. The highest BCUT2D eigenvalue weighted by Crippen LogP contribution is 2.32. The van der Waals surface area contributed by atoms with E-state index >= 15 is 0 Å². The molecule has 0 heterocycles. The van der Waals surface area contributed by atoms with Crippen LogP contribution in [0.3, 0.4) is 0 Å². The van der Waals surface area contributed by atoms with Crippen molar-refractivity contribution in [1.29, 1.82) is 0 Å². The average molecular weight is 400 g/mol. The molecule has 0 radical (unpaired) electrons. The molecule has 1 aliphatic carbocycles. The second-order valence-electron chi connectivity index (χ2n) is 6.30. The number of nitrogens with zero attached hydrogens (tertiary/aromatic N) is 1. The van der Waals surface area contributed by atoms with Crippen LogP contribution in [0.25, 0.3) is 0 Å². The fourth-order valence-corrected chi connectivity index (χ4v) is 3.00. The lowest BCUT2D eigenvalue weighted by Crippen LogP contribution is -2.26. The van der Waals surface area contributed by atoms with Gasteiger partial charge in [-0.15, -0.1) is 0 Å². The van der Waals surface area contributed by atoms with Crippen LogP contribution in [0.5, 0.6) is 0 Å². The first kappa shape index (κ1) is 21.4. The summed E-state index contributed by atoms with van der Waals surface area (Å²) in [5.41, 5.74) is -4.63. The van der Waals surface area contributed by atoms with Crippen molar-refractivity contribution >= 4 is 17.4 Å². The zero-order valence-corrected chi connectivity index (χ0v) is 15.3. The van der Waals surface area contributed by atoms with Crippen LogP contribution in [-0.4, -0.2) is 29.3 Å². The van der Waals surface area contributed by atoms with Gasteiger partial charge in [-0.05, 0) is 26.7 Å². The van der Waals surface area contributed by atoms with Crippen LogP contribution in [0.2, 0.25) is 0 Å². The summed E-state index contributed by atoms with van der Waals surface area (Å²) in [6, 6.07) is -0.0382. The zero-order valence-electron chi connectivity index (χ0n) is 15.3. The molecule has 0 spiro atoms. The summed E-state index contributed by atoms with van der Waals surface area (Å²) in [5.74, 6) is -7.97. The average Bonchev–Trinajstić information content (AvgIpc) is 3.16. The van der Waals surface area contributed by atoms with E-state index in [9.17, 15) is 32.9 Å². The van der Waals surface area contributed by atoms with Crippen molar-refractivity contribution in [1.82, 2.24) is 5.32 Å². The third kappa shape index (κ3) is 4.15. The molecule has 28 heavy (non-hydrogen) atoms. The minimum absolute atomic E-state index is 0.0382. The van der Waals surface area contributed by atoms with Crippen molar-refractivity contribution in [3.8, 4) is 0 Å². The molecule has 0 aliphatic heterocycles. The molecular formula is C18H19F3N2O5. The van der Waals surface area contributed by atoms with Crippen molar-refractivity contribution in [2.75, 3.05) is 6.61 Å². The van der Waals surface area contributed by atoms with E-state index in [4.69, 9.17) is 4.74 Å². The number of esters is 1. The summed E-state index contributed by atoms with van der Waals surface area (Å²) >= 11 is 0. The highest BCUT2D eigenvalue weighted by atomic mass is 19.2. The molecule has 0 aromatic heterocycles. The van der Waals surface area contributed by atoms with Gasteiger partial charge in [0.05, 0.1) is 11.5 Å². The molecule has 1 aromatic rings. The van der Waals surface area contributed by atoms with Crippen LogP contribution in [-0.2, 0) is 9.53 Å². The molecule has 1 aliphatic rings. The fourth-order valence-electron chi connectivity index (χ4n) is 3.00. The monoisotopic (exact) mass is 400 g/mol. The number of hydrogen-bond acceptors (Lipinski definition) is 6. The number of rotatable bonds is 7. The van der Waals surface area contributed by atoms with Crippen molar-refractivity contribution in [2.24, 2.45) is 0 Å². The molecule has 0 amide bonds. The minimum Gasteiger partial charge on any atom is -0.462 e. The number of ketones is 1. The van der Waals surface area contributed by atoms with Crippen molar-refractivity contribution in [2.45, 2.75) is 45.6 Å². The fraction of sp³-hybridized carbons (Fsp3) is 0.444. The van der Waals surface area contributed by atoms with Gasteiger partial charge in [-0.25, -0.2) is 13.6 Å². The van der Waals surface area contributed by atoms with Gasteiger partial charge in [0.1, 0.15) is 17.0 Å². The van der Waals surface area contributed by atoms with Crippen LogP contribution >= 0.6 is 0 Å². The number of carbonyl (C=O) groups excluding carboxylic acids is 2. The Kier molecular flexibility index (Phi) is 6.76. The van der Waals surface area contributed by atoms with Crippen molar-refractivity contribution in [3.63, 3.8) is 0 Å². The molecule has 0 saturated heterocycles. The number of halogens is 3. The van der Waals surface area contributed by atoms with Gasteiger partial charge >= 0.3 is 11.7 Å². The quantitative estimate of drug-likeness (QED) is 0.110. The van der Waals surface area contributed by atoms with Gasteiger partial charge in [0.15, 0.2) is 5.82 Å². The summed E-state index contributed by atoms with van der Waals surface area (Å²) in [7, 11) is 0. The largest absolute Gasteiger partial charge is 0.462 e. The lowest BCUT2D eigenvalue weighted by atomic mass is 9.98. The lowest BCUT2D eigenvalue weighted by molar-refractivity contribution is -0.388. The Hall–Kier alpha value is -2.91. The second-order valence-corrected chi connectivity index (χ2v) is 6.30. The molecule has 152 valence electrons. The van der Waals surface area contributed by atoms with Gasteiger partial charge < -0.3 is 10.1 Å². The van der Waals surface area contributed by atoms with E-state index in [1.807, 2.05) is 0 Å². The van der Waals surface area contributed by atoms with Gasteiger partial charge in [0.2, 0.25) is 11.6 Å². The van der Waals surface area contributed by atoms with Crippen molar-refractivity contribution in [3.05, 3.63) is 50.5 Å². The first-order valence-electron chi connectivity index (χ1n) is 8.70. The summed E-state index contributed by atoms with van der Waals surface area (Å²) in [4.78, 5) is 34.7. The SMILES string of the molecule is CCOC(=O)/C(=C/NC1CCCC1)C(=O)c1c(F)c(C)c(F)c(F)c1[N+](=O)[O-]. The molecule has 0 bridgehead atoms. The molecule has 0 atom stereocenters. The van der Waals surface area contributed by atoms with Crippen LogP contribution in [0.4, 0.5) is 18.9 Å². The van der Waals surface area contributed by atoms with Crippen LogP contribution in [0, 0.1) is 34.5 Å². The number of Topliss-reactive ketones (excluding diaryl/α,β-unsaturated/α-hetero) is 1.